The molecule has 1 aromatic rings. The number of benzene rings is 1. The molecule has 9 nitrogen and oxygen atoms in total. The lowest BCUT2D eigenvalue weighted by Crippen LogP contribution is -2.49. The Morgan fingerprint density at radius 2 is 1.68 bits per heavy atom. The second kappa shape index (κ2) is 7.75. The fourth-order valence-corrected chi connectivity index (χ4v) is 3.88. The first-order valence-corrected chi connectivity index (χ1v) is 9.87. The highest BCUT2D eigenvalue weighted by Crippen LogP contribution is 2.33. The van der Waals surface area contributed by atoms with E-state index in [-0.39, 0.29) is 23.4 Å². The highest BCUT2D eigenvalue weighted by atomic mass is 16.6. The van der Waals surface area contributed by atoms with Gasteiger partial charge in [0.15, 0.2) is 0 Å². The van der Waals surface area contributed by atoms with Crippen LogP contribution in [0.5, 0.6) is 0 Å². The van der Waals surface area contributed by atoms with Gasteiger partial charge in [-0.05, 0) is 25.0 Å². The van der Waals surface area contributed by atoms with Gasteiger partial charge in [-0.1, -0.05) is 0 Å². The molecule has 1 aromatic carbocycles. The lowest BCUT2D eigenvalue weighted by Gasteiger charge is -2.36. The van der Waals surface area contributed by atoms with E-state index in [1.807, 2.05) is 9.80 Å². The number of anilines is 1. The van der Waals surface area contributed by atoms with Crippen LogP contribution in [-0.4, -0.2) is 78.9 Å². The monoisotopic (exact) mass is 387 g/mol. The molecule has 2 aliphatic heterocycles. The third-order valence-electron chi connectivity index (χ3n) is 5.68. The molecule has 1 N–H and O–H groups in total. The molecule has 0 unspecified atom stereocenters. The number of nitrogens with one attached hydrogen (secondary N) is 1. The zero-order valence-electron chi connectivity index (χ0n) is 15.8. The molecule has 2 heterocycles. The van der Waals surface area contributed by atoms with Gasteiger partial charge in [-0.3, -0.25) is 19.7 Å². The van der Waals surface area contributed by atoms with Gasteiger partial charge in [0.25, 0.3) is 11.6 Å². The summed E-state index contributed by atoms with van der Waals surface area (Å²) in [6.45, 7) is 4.94. The van der Waals surface area contributed by atoms with Crippen LogP contribution in [0.15, 0.2) is 18.2 Å². The standard InChI is InChI=1S/C19H25N5O4/c25-18(14-1-2-14)23-11-9-21(10-12-23)16-4-3-15(13-17(16)24(27)28)19(26)22-7-5-20-6-8-22/h3-4,13-14,20H,1-2,5-12H2. The minimum Gasteiger partial charge on any atom is -0.362 e. The molecule has 0 spiro atoms. The molecule has 0 aromatic heterocycles. The Balaban J connectivity index is 1.48. The Morgan fingerprint density at radius 3 is 2.29 bits per heavy atom. The van der Waals surface area contributed by atoms with Crippen molar-refractivity contribution in [2.75, 3.05) is 57.3 Å². The summed E-state index contributed by atoms with van der Waals surface area (Å²) in [4.78, 5) is 41.6. The van der Waals surface area contributed by atoms with Crippen LogP contribution in [0.2, 0.25) is 0 Å². The summed E-state index contributed by atoms with van der Waals surface area (Å²) in [6, 6.07) is 4.74. The smallest absolute Gasteiger partial charge is 0.293 e. The number of rotatable bonds is 4. The number of nitro groups is 1. The number of hydrogen-bond donors (Lipinski definition) is 1. The van der Waals surface area contributed by atoms with Gasteiger partial charge in [0.2, 0.25) is 5.91 Å². The molecule has 9 heteroatoms. The van der Waals surface area contributed by atoms with Crippen LogP contribution in [0, 0.1) is 16.0 Å². The van der Waals surface area contributed by atoms with E-state index in [4.69, 9.17) is 0 Å². The first-order valence-electron chi connectivity index (χ1n) is 9.87. The molecule has 0 bridgehead atoms. The van der Waals surface area contributed by atoms with Crippen molar-refractivity contribution in [3.05, 3.63) is 33.9 Å². The van der Waals surface area contributed by atoms with Crippen molar-refractivity contribution in [2.24, 2.45) is 5.92 Å². The van der Waals surface area contributed by atoms with Crippen molar-refractivity contribution in [1.29, 1.82) is 0 Å². The molecule has 150 valence electrons. The highest BCUT2D eigenvalue weighted by molar-refractivity contribution is 5.96. The van der Waals surface area contributed by atoms with Gasteiger partial charge in [0.1, 0.15) is 5.69 Å². The van der Waals surface area contributed by atoms with Gasteiger partial charge in [-0.2, -0.15) is 0 Å². The summed E-state index contributed by atoms with van der Waals surface area (Å²) in [6.07, 6.45) is 1.96. The van der Waals surface area contributed by atoms with Crippen LogP contribution in [0.4, 0.5) is 11.4 Å². The SMILES string of the molecule is O=C(c1ccc(N2CCN(C(=O)C3CC3)CC2)c([N+](=O)[O-])c1)N1CCNCC1. The predicted octanol–water partition coefficient (Wildman–Crippen LogP) is 0.699. The van der Waals surface area contributed by atoms with Crippen molar-refractivity contribution in [3.8, 4) is 0 Å². The largest absolute Gasteiger partial charge is 0.362 e. The fraction of sp³-hybridized carbons (Fsp3) is 0.579. The first kappa shape index (κ1) is 18.7. The molecule has 3 aliphatic rings. The molecule has 4 rings (SSSR count). The Hall–Kier alpha value is -2.68. The molecule has 0 radical (unpaired) electrons. The zero-order valence-corrected chi connectivity index (χ0v) is 15.8. The number of hydrogen-bond acceptors (Lipinski definition) is 6. The number of nitrogens with zero attached hydrogens (tertiary/aromatic N) is 4. The van der Waals surface area contributed by atoms with Crippen LogP contribution in [-0.2, 0) is 4.79 Å². The first-order chi connectivity index (χ1) is 13.5. The molecular formula is C19H25N5O4. The van der Waals surface area contributed by atoms with E-state index in [2.05, 4.69) is 5.32 Å². The molecule has 1 aliphatic carbocycles. The Morgan fingerprint density at radius 1 is 1.00 bits per heavy atom. The minimum atomic E-state index is -0.425. The second-order valence-corrected chi connectivity index (χ2v) is 7.59. The van der Waals surface area contributed by atoms with Crippen molar-refractivity contribution in [2.45, 2.75) is 12.8 Å². The summed E-state index contributed by atoms with van der Waals surface area (Å²) in [5.41, 5.74) is 0.809. The second-order valence-electron chi connectivity index (χ2n) is 7.59. The van der Waals surface area contributed by atoms with Crippen LogP contribution in [0.25, 0.3) is 0 Å². The average Bonchev–Trinajstić information content (AvgIpc) is 3.58. The van der Waals surface area contributed by atoms with Crippen molar-refractivity contribution < 1.29 is 14.5 Å². The van der Waals surface area contributed by atoms with E-state index < -0.39 is 4.92 Å². The van der Waals surface area contributed by atoms with Crippen molar-refractivity contribution in [1.82, 2.24) is 15.1 Å². The maximum absolute atomic E-state index is 12.7. The Kier molecular flexibility index (Phi) is 5.17. The maximum atomic E-state index is 12.7. The quantitative estimate of drug-likeness (QED) is 0.603. The van der Waals surface area contributed by atoms with E-state index in [0.717, 1.165) is 25.9 Å². The van der Waals surface area contributed by atoms with Gasteiger partial charge in [0.05, 0.1) is 4.92 Å². The molecule has 3 fully saturated rings. The van der Waals surface area contributed by atoms with Crippen LogP contribution in [0.3, 0.4) is 0 Å². The third-order valence-corrected chi connectivity index (χ3v) is 5.68. The summed E-state index contributed by atoms with van der Waals surface area (Å²) >= 11 is 0. The lowest BCUT2D eigenvalue weighted by molar-refractivity contribution is -0.384. The van der Waals surface area contributed by atoms with Gasteiger partial charge in [-0.15, -0.1) is 0 Å². The third kappa shape index (κ3) is 3.80. The van der Waals surface area contributed by atoms with Gasteiger partial charge in [0, 0.05) is 69.9 Å². The van der Waals surface area contributed by atoms with E-state index in [9.17, 15) is 19.7 Å². The summed E-state index contributed by atoms with van der Waals surface area (Å²) < 4.78 is 0. The molecule has 28 heavy (non-hydrogen) atoms. The van der Waals surface area contributed by atoms with Crippen LogP contribution >= 0.6 is 0 Å². The molecule has 1 saturated carbocycles. The normalized spacial score (nSPS) is 20.2. The summed E-state index contributed by atoms with van der Waals surface area (Å²) in [7, 11) is 0. The number of carbonyl (C=O) groups is 2. The van der Waals surface area contributed by atoms with Crippen molar-refractivity contribution in [3.63, 3.8) is 0 Å². The van der Waals surface area contributed by atoms with Gasteiger partial charge >= 0.3 is 0 Å². The average molecular weight is 387 g/mol. The Bertz CT molecular complexity index is 781. The topological polar surface area (TPSA) is 99.0 Å². The number of carbonyl (C=O) groups excluding carboxylic acids is 2. The number of amides is 2. The summed E-state index contributed by atoms with van der Waals surface area (Å²) in [5.74, 6) is 0.235. The van der Waals surface area contributed by atoms with E-state index in [1.54, 1.807) is 17.0 Å². The highest BCUT2D eigenvalue weighted by Gasteiger charge is 2.35. The van der Waals surface area contributed by atoms with E-state index >= 15 is 0 Å². The van der Waals surface area contributed by atoms with E-state index in [1.165, 1.54) is 6.07 Å². The van der Waals surface area contributed by atoms with Crippen LogP contribution < -0.4 is 10.2 Å². The van der Waals surface area contributed by atoms with Crippen molar-refractivity contribution >= 4 is 23.2 Å². The van der Waals surface area contributed by atoms with Gasteiger partial charge < -0.3 is 20.0 Å². The molecular weight excluding hydrogens is 362 g/mol. The summed E-state index contributed by atoms with van der Waals surface area (Å²) in [5, 5.41) is 14.9. The van der Waals surface area contributed by atoms with Crippen LogP contribution in [0.1, 0.15) is 23.2 Å². The molecule has 2 saturated heterocycles. The minimum absolute atomic E-state index is 0.0528. The van der Waals surface area contributed by atoms with E-state index in [0.29, 0.717) is 50.5 Å². The lowest BCUT2D eigenvalue weighted by atomic mass is 10.1. The zero-order chi connectivity index (χ0) is 19.7. The molecule has 0 atom stereocenters. The Labute approximate surface area is 163 Å². The predicted molar refractivity (Wildman–Crippen MR) is 103 cm³/mol. The maximum Gasteiger partial charge on any atom is 0.293 e. The fourth-order valence-electron chi connectivity index (χ4n) is 3.88. The van der Waals surface area contributed by atoms with Gasteiger partial charge in [-0.25, -0.2) is 0 Å². The number of piperazine rings is 2. The molecule has 2 amide bonds. The number of nitro benzene ring substituents is 1.